The van der Waals surface area contributed by atoms with Gasteiger partial charge >= 0.3 is 5.97 Å². The molecule has 3 aliphatic rings. The molecular formula is C16H28N2O3. The smallest absolute Gasteiger partial charge is 0.320 e. The molecular weight excluding hydrogens is 268 g/mol. The average Bonchev–Trinajstić information content (AvgIpc) is 3.09. The van der Waals surface area contributed by atoms with E-state index in [1.807, 2.05) is 0 Å². The van der Waals surface area contributed by atoms with E-state index >= 15 is 0 Å². The molecule has 0 aromatic heterocycles. The highest BCUT2D eigenvalue weighted by molar-refractivity contribution is 5.72. The van der Waals surface area contributed by atoms with Crippen LogP contribution in [-0.2, 0) is 9.53 Å². The lowest BCUT2D eigenvalue weighted by Crippen LogP contribution is -2.53. The minimum atomic E-state index is -0.717. The Kier molecular flexibility index (Phi) is 4.52. The van der Waals surface area contributed by atoms with Crippen molar-refractivity contribution in [3.05, 3.63) is 0 Å². The predicted molar refractivity (Wildman–Crippen MR) is 80.4 cm³/mol. The van der Waals surface area contributed by atoms with E-state index in [4.69, 9.17) is 9.84 Å². The molecule has 0 aromatic rings. The Morgan fingerprint density at radius 1 is 1.24 bits per heavy atom. The SMILES string of the molecule is CC(C(=O)O)N1CCN(CC2CCC3(CCCC3)O2)CC1. The van der Waals surface area contributed by atoms with Gasteiger partial charge in [-0.25, -0.2) is 0 Å². The van der Waals surface area contributed by atoms with Crippen molar-refractivity contribution in [2.24, 2.45) is 0 Å². The number of aliphatic carboxylic acids is 1. The van der Waals surface area contributed by atoms with Gasteiger partial charge in [0, 0.05) is 32.7 Å². The first-order chi connectivity index (χ1) is 10.1. The van der Waals surface area contributed by atoms with Crippen LogP contribution in [0.5, 0.6) is 0 Å². The number of carboxylic acids is 1. The van der Waals surface area contributed by atoms with Crippen LogP contribution in [0.3, 0.4) is 0 Å². The summed E-state index contributed by atoms with van der Waals surface area (Å²) in [6.45, 7) is 6.44. The first-order valence-electron chi connectivity index (χ1n) is 8.45. The van der Waals surface area contributed by atoms with Gasteiger partial charge in [-0.1, -0.05) is 12.8 Å². The number of carbonyl (C=O) groups is 1. The number of nitrogens with zero attached hydrogens (tertiary/aromatic N) is 2. The number of hydrogen-bond acceptors (Lipinski definition) is 4. The van der Waals surface area contributed by atoms with Crippen LogP contribution in [0, 0.1) is 0 Å². The molecule has 3 fully saturated rings. The number of rotatable bonds is 4. The van der Waals surface area contributed by atoms with Crippen molar-refractivity contribution in [2.45, 2.75) is 63.2 Å². The third kappa shape index (κ3) is 3.41. The van der Waals surface area contributed by atoms with Crippen LogP contribution in [0.4, 0.5) is 0 Å². The van der Waals surface area contributed by atoms with Crippen LogP contribution < -0.4 is 0 Å². The number of ether oxygens (including phenoxy) is 1. The molecule has 5 heteroatoms. The summed E-state index contributed by atoms with van der Waals surface area (Å²) in [5.74, 6) is -0.717. The highest BCUT2D eigenvalue weighted by Gasteiger charge is 2.42. The van der Waals surface area contributed by atoms with Crippen molar-refractivity contribution < 1.29 is 14.6 Å². The van der Waals surface area contributed by atoms with Crippen LogP contribution in [0.1, 0.15) is 45.4 Å². The summed E-state index contributed by atoms with van der Waals surface area (Å²) < 4.78 is 6.38. The van der Waals surface area contributed by atoms with E-state index in [0.29, 0.717) is 6.10 Å². The predicted octanol–water partition coefficient (Wildman–Crippen LogP) is 1.57. The molecule has 5 nitrogen and oxygen atoms in total. The van der Waals surface area contributed by atoms with Crippen molar-refractivity contribution in [3.63, 3.8) is 0 Å². The molecule has 2 atom stereocenters. The molecule has 1 saturated carbocycles. The molecule has 2 aliphatic heterocycles. The lowest BCUT2D eigenvalue weighted by Gasteiger charge is -2.37. The molecule has 1 aliphatic carbocycles. The summed E-state index contributed by atoms with van der Waals surface area (Å²) in [6, 6.07) is -0.364. The van der Waals surface area contributed by atoms with Gasteiger partial charge in [-0.15, -0.1) is 0 Å². The molecule has 120 valence electrons. The van der Waals surface area contributed by atoms with E-state index in [0.717, 1.165) is 32.7 Å². The third-order valence-corrected chi connectivity index (χ3v) is 5.63. The van der Waals surface area contributed by atoms with Gasteiger partial charge in [0.15, 0.2) is 0 Å². The maximum Gasteiger partial charge on any atom is 0.320 e. The molecule has 1 spiro atoms. The Bertz CT molecular complexity index is 374. The zero-order valence-electron chi connectivity index (χ0n) is 13.1. The summed E-state index contributed by atoms with van der Waals surface area (Å²) in [6.07, 6.45) is 8.02. The molecule has 0 amide bonds. The quantitative estimate of drug-likeness (QED) is 0.853. The van der Waals surface area contributed by atoms with Gasteiger partial charge in [0.25, 0.3) is 0 Å². The minimum Gasteiger partial charge on any atom is -0.480 e. The maximum absolute atomic E-state index is 11.0. The monoisotopic (exact) mass is 296 g/mol. The van der Waals surface area contributed by atoms with Crippen molar-refractivity contribution in [1.29, 1.82) is 0 Å². The van der Waals surface area contributed by atoms with E-state index in [9.17, 15) is 4.79 Å². The van der Waals surface area contributed by atoms with Gasteiger partial charge in [0.05, 0.1) is 11.7 Å². The van der Waals surface area contributed by atoms with Gasteiger partial charge in [-0.3, -0.25) is 14.6 Å². The summed E-state index contributed by atoms with van der Waals surface area (Å²) in [7, 11) is 0. The lowest BCUT2D eigenvalue weighted by atomic mass is 9.98. The van der Waals surface area contributed by atoms with Crippen molar-refractivity contribution in [1.82, 2.24) is 9.80 Å². The molecule has 2 heterocycles. The highest BCUT2D eigenvalue weighted by atomic mass is 16.5. The summed E-state index contributed by atoms with van der Waals surface area (Å²) in [5, 5.41) is 9.07. The van der Waals surface area contributed by atoms with Gasteiger partial charge in [-0.05, 0) is 32.6 Å². The number of piperazine rings is 1. The van der Waals surface area contributed by atoms with E-state index < -0.39 is 5.97 Å². The maximum atomic E-state index is 11.0. The number of carboxylic acid groups (broad SMARTS) is 1. The molecule has 0 bridgehead atoms. The second-order valence-electron chi connectivity index (χ2n) is 7.02. The molecule has 0 aromatic carbocycles. The minimum absolute atomic E-state index is 0.226. The fourth-order valence-electron chi connectivity index (χ4n) is 4.19. The second-order valence-corrected chi connectivity index (χ2v) is 7.02. The highest BCUT2D eigenvalue weighted by Crippen LogP contribution is 2.43. The molecule has 2 saturated heterocycles. The van der Waals surface area contributed by atoms with Crippen LogP contribution in [0.25, 0.3) is 0 Å². The van der Waals surface area contributed by atoms with Gasteiger partial charge < -0.3 is 9.84 Å². The molecule has 21 heavy (non-hydrogen) atoms. The fourth-order valence-corrected chi connectivity index (χ4v) is 4.19. The summed E-state index contributed by atoms with van der Waals surface area (Å²) in [4.78, 5) is 15.5. The van der Waals surface area contributed by atoms with E-state index in [1.54, 1.807) is 6.92 Å². The standard InChI is InChI=1S/C16H28N2O3/c1-13(15(19)20)18-10-8-17(9-11-18)12-14-4-7-16(21-14)5-2-3-6-16/h13-14H,2-12H2,1H3,(H,19,20). The zero-order chi connectivity index (χ0) is 14.9. The lowest BCUT2D eigenvalue weighted by molar-refractivity contribution is -0.143. The molecule has 1 N–H and O–H groups in total. The molecule has 0 radical (unpaired) electrons. The summed E-state index contributed by atoms with van der Waals surface area (Å²) >= 11 is 0. The van der Waals surface area contributed by atoms with Gasteiger partial charge in [0.2, 0.25) is 0 Å². The van der Waals surface area contributed by atoms with Gasteiger partial charge in [-0.2, -0.15) is 0 Å². The van der Waals surface area contributed by atoms with Crippen molar-refractivity contribution in [2.75, 3.05) is 32.7 Å². The van der Waals surface area contributed by atoms with Crippen molar-refractivity contribution in [3.8, 4) is 0 Å². The fraction of sp³-hybridized carbons (Fsp3) is 0.938. The molecule has 3 rings (SSSR count). The normalized spacial score (nSPS) is 31.8. The zero-order valence-corrected chi connectivity index (χ0v) is 13.1. The Hall–Kier alpha value is -0.650. The van der Waals surface area contributed by atoms with Crippen LogP contribution in [0.2, 0.25) is 0 Å². The van der Waals surface area contributed by atoms with Crippen LogP contribution >= 0.6 is 0 Å². The third-order valence-electron chi connectivity index (χ3n) is 5.63. The second kappa shape index (κ2) is 6.23. The first-order valence-corrected chi connectivity index (χ1v) is 8.45. The molecule has 2 unspecified atom stereocenters. The Morgan fingerprint density at radius 3 is 2.52 bits per heavy atom. The topological polar surface area (TPSA) is 53.0 Å². The van der Waals surface area contributed by atoms with Crippen LogP contribution in [-0.4, -0.2) is 71.3 Å². The van der Waals surface area contributed by atoms with Crippen LogP contribution in [0.15, 0.2) is 0 Å². The van der Waals surface area contributed by atoms with Gasteiger partial charge in [0.1, 0.15) is 6.04 Å². The largest absolute Gasteiger partial charge is 0.480 e. The van der Waals surface area contributed by atoms with Crippen molar-refractivity contribution >= 4 is 5.97 Å². The Morgan fingerprint density at radius 2 is 1.90 bits per heavy atom. The van der Waals surface area contributed by atoms with E-state index in [-0.39, 0.29) is 11.6 Å². The Balaban J connectivity index is 1.43. The first kappa shape index (κ1) is 15.3. The average molecular weight is 296 g/mol. The summed E-state index contributed by atoms with van der Waals surface area (Å²) in [5.41, 5.74) is 0.226. The Labute approximate surface area is 127 Å². The van der Waals surface area contributed by atoms with E-state index in [1.165, 1.54) is 38.5 Å². The number of hydrogen-bond donors (Lipinski definition) is 1. The van der Waals surface area contributed by atoms with E-state index in [2.05, 4.69) is 9.80 Å².